The number of aromatic nitrogens is 1. The Bertz CT molecular complexity index is 622. The first-order valence-corrected chi connectivity index (χ1v) is 6.10. The van der Waals surface area contributed by atoms with Gasteiger partial charge in [0.15, 0.2) is 17.5 Å². The van der Waals surface area contributed by atoms with Crippen LogP contribution in [0.5, 0.6) is 0 Å². The van der Waals surface area contributed by atoms with Crippen LogP contribution in [0.4, 0.5) is 13.2 Å². The lowest BCUT2D eigenvalue weighted by molar-refractivity contribution is 0.425. The highest BCUT2D eigenvalue weighted by Gasteiger charge is 2.21. The van der Waals surface area contributed by atoms with Gasteiger partial charge in [-0.2, -0.15) is 0 Å². The number of pyridine rings is 1. The maximum Gasteiger partial charge on any atom is 0.194 e. The minimum Gasteiger partial charge on any atom is -0.271 e. The van der Waals surface area contributed by atoms with Crippen molar-refractivity contribution in [3.63, 3.8) is 0 Å². The fraction of sp³-hybridized carbons (Fsp3) is 0.154. The first kappa shape index (κ1) is 14.8. The monoisotopic (exact) mass is 301 g/mol. The minimum atomic E-state index is -1.52. The molecule has 0 aliphatic heterocycles. The Morgan fingerprint density at radius 2 is 1.95 bits per heavy atom. The van der Waals surface area contributed by atoms with Gasteiger partial charge in [-0.25, -0.2) is 13.2 Å². The number of benzene rings is 1. The van der Waals surface area contributed by atoms with Crippen molar-refractivity contribution < 1.29 is 13.2 Å². The SMILES string of the molecule is NNC(Cc1ccncc1Cl)c1ccc(F)c(F)c1F. The maximum absolute atomic E-state index is 13.7. The summed E-state index contributed by atoms with van der Waals surface area (Å²) in [6.45, 7) is 0. The molecule has 0 fully saturated rings. The maximum atomic E-state index is 13.7. The van der Waals surface area contributed by atoms with Gasteiger partial charge in [0.25, 0.3) is 0 Å². The highest BCUT2D eigenvalue weighted by Crippen LogP contribution is 2.26. The van der Waals surface area contributed by atoms with Crippen LogP contribution in [0.3, 0.4) is 0 Å². The predicted octanol–water partition coefficient (Wildman–Crippen LogP) is 2.90. The Kier molecular flexibility index (Phi) is 4.59. The molecule has 1 atom stereocenters. The molecule has 0 saturated heterocycles. The van der Waals surface area contributed by atoms with Crippen LogP contribution in [0, 0.1) is 17.5 Å². The van der Waals surface area contributed by atoms with E-state index in [9.17, 15) is 13.2 Å². The zero-order valence-corrected chi connectivity index (χ0v) is 11.0. The van der Waals surface area contributed by atoms with E-state index in [1.807, 2.05) is 0 Å². The lowest BCUT2D eigenvalue weighted by Gasteiger charge is -2.18. The molecule has 2 aromatic rings. The molecule has 1 heterocycles. The van der Waals surface area contributed by atoms with Crippen LogP contribution < -0.4 is 11.3 Å². The molecule has 0 spiro atoms. The lowest BCUT2D eigenvalue weighted by atomic mass is 9.99. The van der Waals surface area contributed by atoms with Crippen molar-refractivity contribution in [1.29, 1.82) is 0 Å². The number of nitrogens with zero attached hydrogens (tertiary/aromatic N) is 1. The Morgan fingerprint density at radius 1 is 1.20 bits per heavy atom. The van der Waals surface area contributed by atoms with Crippen LogP contribution in [0.2, 0.25) is 5.02 Å². The van der Waals surface area contributed by atoms with Gasteiger partial charge in [-0.15, -0.1) is 0 Å². The number of nitrogens with one attached hydrogen (secondary N) is 1. The summed E-state index contributed by atoms with van der Waals surface area (Å²) in [6, 6.07) is 2.90. The average Bonchev–Trinajstić information content (AvgIpc) is 2.45. The Hall–Kier alpha value is -1.63. The smallest absolute Gasteiger partial charge is 0.194 e. The van der Waals surface area contributed by atoms with Crippen LogP contribution in [0.25, 0.3) is 0 Å². The van der Waals surface area contributed by atoms with E-state index in [-0.39, 0.29) is 12.0 Å². The molecule has 3 nitrogen and oxygen atoms in total. The lowest BCUT2D eigenvalue weighted by Crippen LogP contribution is -2.30. The zero-order chi connectivity index (χ0) is 14.7. The molecular formula is C13H11ClF3N3. The van der Waals surface area contributed by atoms with Gasteiger partial charge >= 0.3 is 0 Å². The van der Waals surface area contributed by atoms with E-state index in [1.165, 1.54) is 12.4 Å². The molecule has 1 aromatic carbocycles. The molecule has 20 heavy (non-hydrogen) atoms. The van der Waals surface area contributed by atoms with Crippen LogP contribution in [-0.2, 0) is 6.42 Å². The summed E-state index contributed by atoms with van der Waals surface area (Å²) in [6.07, 6.45) is 3.17. The highest BCUT2D eigenvalue weighted by molar-refractivity contribution is 6.31. The van der Waals surface area contributed by atoms with Gasteiger partial charge in [-0.3, -0.25) is 16.3 Å². The first-order chi connectivity index (χ1) is 9.54. The molecule has 0 radical (unpaired) electrons. The molecule has 7 heteroatoms. The molecule has 1 unspecified atom stereocenters. The summed E-state index contributed by atoms with van der Waals surface area (Å²) in [5, 5.41) is 0.385. The van der Waals surface area contributed by atoms with E-state index >= 15 is 0 Å². The van der Waals surface area contributed by atoms with E-state index in [0.29, 0.717) is 10.6 Å². The van der Waals surface area contributed by atoms with E-state index in [2.05, 4.69) is 10.4 Å². The highest BCUT2D eigenvalue weighted by atomic mass is 35.5. The molecule has 2 rings (SSSR count). The van der Waals surface area contributed by atoms with Gasteiger partial charge in [0.2, 0.25) is 0 Å². The Labute approximate surface area is 118 Å². The van der Waals surface area contributed by atoms with E-state index < -0.39 is 23.5 Å². The number of hydrogen-bond acceptors (Lipinski definition) is 3. The second-order valence-electron chi connectivity index (χ2n) is 4.16. The van der Waals surface area contributed by atoms with Gasteiger partial charge < -0.3 is 0 Å². The molecule has 0 amide bonds. The Balaban J connectivity index is 2.34. The largest absolute Gasteiger partial charge is 0.271 e. The number of hydrogen-bond donors (Lipinski definition) is 2. The molecule has 0 aliphatic rings. The van der Waals surface area contributed by atoms with Crippen LogP contribution in [0.1, 0.15) is 17.2 Å². The van der Waals surface area contributed by atoms with Crippen molar-refractivity contribution in [2.45, 2.75) is 12.5 Å². The minimum absolute atomic E-state index is 0.0701. The first-order valence-electron chi connectivity index (χ1n) is 5.72. The van der Waals surface area contributed by atoms with E-state index in [4.69, 9.17) is 17.4 Å². The molecule has 3 N–H and O–H groups in total. The van der Waals surface area contributed by atoms with E-state index in [0.717, 1.165) is 12.1 Å². The number of halogens is 4. The summed E-state index contributed by atoms with van der Waals surface area (Å²) >= 11 is 5.95. The van der Waals surface area contributed by atoms with Gasteiger partial charge in [-0.1, -0.05) is 17.7 Å². The third-order valence-corrected chi connectivity index (χ3v) is 3.26. The fourth-order valence-corrected chi connectivity index (χ4v) is 2.05. The third-order valence-electron chi connectivity index (χ3n) is 2.92. The topological polar surface area (TPSA) is 50.9 Å². The van der Waals surface area contributed by atoms with Gasteiger partial charge in [0.05, 0.1) is 11.1 Å². The van der Waals surface area contributed by atoms with Crippen molar-refractivity contribution in [3.05, 3.63) is 64.2 Å². The fourth-order valence-electron chi connectivity index (χ4n) is 1.86. The van der Waals surface area contributed by atoms with Crippen molar-refractivity contribution in [2.24, 2.45) is 5.84 Å². The summed E-state index contributed by atoms with van der Waals surface area (Å²) in [4.78, 5) is 3.83. The van der Waals surface area contributed by atoms with Gasteiger partial charge in [0.1, 0.15) is 0 Å². The summed E-state index contributed by atoms with van der Waals surface area (Å²) in [5.41, 5.74) is 2.96. The van der Waals surface area contributed by atoms with E-state index in [1.54, 1.807) is 6.07 Å². The quantitative estimate of drug-likeness (QED) is 0.519. The molecule has 0 aliphatic carbocycles. The summed E-state index contributed by atoms with van der Waals surface area (Å²) in [7, 11) is 0. The normalized spacial score (nSPS) is 12.4. The molecule has 0 saturated carbocycles. The van der Waals surface area contributed by atoms with Gasteiger partial charge in [-0.05, 0) is 24.1 Å². The van der Waals surface area contributed by atoms with Crippen molar-refractivity contribution >= 4 is 11.6 Å². The third kappa shape index (κ3) is 2.92. The molecule has 1 aromatic heterocycles. The molecule has 106 valence electrons. The van der Waals surface area contributed by atoms with Crippen LogP contribution in [0.15, 0.2) is 30.6 Å². The second kappa shape index (κ2) is 6.21. The summed E-state index contributed by atoms with van der Waals surface area (Å²) < 4.78 is 39.9. The van der Waals surface area contributed by atoms with Crippen LogP contribution in [-0.4, -0.2) is 4.98 Å². The second-order valence-corrected chi connectivity index (χ2v) is 4.56. The van der Waals surface area contributed by atoms with Gasteiger partial charge in [0, 0.05) is 18.0 Å². The predicted molar refractivity (Wildman–Crippen MR) is 69.3 cm³/mol. The molecular weight excluding hydrogens is 291 g/mol. The van der Waals surface area contributed by atoms with Crippen molar-refractivity contribution in [3.8, 4) is 0 Å². The zero-order valence-electron chi connectivity index (χ0n) is 10.2. The standard InChI is InChI=1S/C13H11ClF3N3/c14-9-6-19-4-3-7(9)5-11(20-18)8-1-2-10(15)13(17)12(8)16/h1-4,6,11,20H,5,18H2. The van der Waals surface area contributed by atoms with Crippen molar-refractivity contribution in [1.82, 2.24) is 10.4 Å². The number of rotatable bonds is 4. The van der Waals surface area contributed by atoms with Crippen LogP contribution >= 0.6 is 11.6 Å². The Morgan fingerprint density at radius 3 is 2.60 bits per heavy atom. The summed E-state index contributed by atoms with van der Waals surface area (Å²) in [5.74, 6) is 1.33. The average molecular weight is 302 g/mol. The van der Waals surface area contributed by atoms with Crippen molar-refractivity contribution in [2.75, 3.05) is 0 Å². The number of hydrazine groups is 1. The molecule has 0 bridgehead atoms. The number of nitrogens with two attached hydrogens (primary N) is 1.